The molecule has 0 saturated carbocycles. The molecule has 0 saturated heterocycles. The zero-order valence-electron chi connectivity index (χ0n) is 15.1. The number of thiazole rings is 1. The second-order valence-corrected chi connectivity index (χ2v) is 7.13. The average Bonchev–Trinajstić information content (AvgIpc) is 3.15. The number of carbonyl (C=O) groups is 2. The lowest BCUT2D eigenvalue weighted by atomic mass is 10.0. The Bertz CT molecular complexity index is 915. The molecule has 0 bridgehead atoms. The molecule has 0 aliphatic carbocycles. The van der Waals surface area contributed by atoms with E-state index in [0.29, 0.717) is 28.6 Å². The first-order chi connectivity index (χ1) is 13.1. The Balaban J connectivity index is 1.66. The second kappa shape index (κ2) is 8.60. The van der Waals surface area contributed by atoms with Gasteiger partial charge in [-0.25, -0.2) is 4.98 Å². The fourth-order valence-corrected chi connectivity index (χ4v) is 3.22. The van der Waals surface area contributed by atoms with Crippen LogP contribution in [0.3, 0.4) is 0 Å². The zero-order chi connectivity index (χ0) is 19.2. The summed E-state index contributed by atoms with van der Waals surface area (Å²) in [6, 6.07) is 14.9. The Kier molecular flexibility index (Phi) is 5.98. The minimum Gasteiger partial charge on any atom is -0.486 e. The van der Waals surface area contributed by atoms with E-state index >= 15 is 0 Å². The number of benzene rings is 2. The van der Waals surface area contributed by atoms with Gasteiger partial charge >= 0.3 is 0 Å². The van der Waals surface area contributed by atoms with Gasteiger partial charge in [0.05, 0.1) is 5.69 Å². The van der Waals surface area contributed by atoms with Gasteiger partial charge in [0.1, 0.15) is 12.4 Å². The molecule has 138 valence electrons. The van der Waals surface area contributed by atoms with Gasteiger partial charge < -0.3 is 4.74 Å². The van der Waals surface area contributed by atoms with Crippen LogP contribution in [0.1, 0.15) is 35.7 Å². The minimum atomic E-state index is -0.243. The number of amides is 1. The first kappa shape index (κ1) is 18.8. The third-order valence-electron chi connectivity index (χ3n) is 4.03. The zero-order valence-corrected chi connectivity index (χ0v) is 16.0. The number of aldehydes is 1. The molecule has 1 aromatic heterocycles. The molecule has 0 aliphatic heterocycles. The van der Waals surface area contributed by atoms with Crippen molar-refractivity contribution in [2.24, 2.45) is 0 Å². The first-order valence-corrected chi connectivity index (χ1v) is 9.48. The van der Waals surface area contributed by atoms with Crippen molar-refractivity contribution in [3.05, 3.63) is 65.0 Å². The van der Waals surface area contributed by atoms with Crippen LogP contribution in [0.2, 0.25) is 0 Å². The summed E-state index contributed by atoms with van der Waals surface area (Å²) in [6.07, 6.45) is 0.678. The fraction of sp³-hybridized carbons (Fsp3) is 0.190. The molecule has 0 atom stereocenters. The minimum absolute atomic E-state index is 0.00835. The smallest absolute Gasteiger partial charge is 0.257 e. The highest BCUT2D eigenvalue weighted by molar-refractivity contribution is 7.14. The maximum atomic E-state index is 12.4. The Labute approximate surface area is 162 Å². The summed E-state index contributed by atoms with van der Waals surface area (Å²) in [4.78, 5) is 27.2. The number of carbonyl (C=O) groups excluding carboxylic acids is 2. The molecule has 3 rings (SSSR count). The number of hydrogen-bond donors (Lipinski definition) is 1. The Morgan fingerprint density at radius 2 is 1.85 bits per heavy atom. The van der Waals surface area contributed by atoms with Crippen LogP contribution in [-0.4, -0.2) is 23.8 Å². The second-order valence-electron chi connectivity index (χ2n) is 6.27. The van der Waals surface area contributed by atoms with Gasteiger partial charge in [0, 0.05) is 16.5 Å². The Morgan fingerprint density at radius 1 is 1.15 bits per heavy atom. The lowest BCUT2D eigenvalue weighted by Gasteiger charge is -2.05. The molecule has 0 radical (unpaired) electrons. The van der Waals surface area contributed by atoms with Crippen LogP contribution in [-0.2, 0) is 4.79 Å². The van der Waals surface area contributed by atoms with Crippen LogP contribution in [0.4, 0.5) is 5.13 Å². The number of rotatable bonds is 7. The van der Waals surface area contributed by atoms with Crippen LogP contribution in [0.15, 0.2) is 53.9 Å². The molecular formula is C21H20N2O3S. The summed E-state index contributed by atoms with van der Waals surface area (Å²) >= 11 is 1.39. The largest absolute Gasteiger partial charge is 0.486 e. The van der Waals surface area contributed by atoms with Gasteiger partial charge in [-0.1, -0.05) is 38.1 Å². The van der Waals surface area contributed by atoms with Crippen molar-refractivity contribution in [1.29, 1.82) is 0 Å². The Hall–Kier alpha value is -2.99. The summed E-state index contributed by atoms with van der Waals surface area (Å²) in [5.41, 5.74) is 3.63. The number of aromatic nitrogens is 1. The van der Waals surface area contributed by atoms with Crippen molar-refractivity contribution in [2.45, 2.75) is 19.8 Å². The van der Waals surface area contributed by atoms with Gasteiger partial charge in [0.2, 0.25) is 0 Å². The van der Waals surface area contributed by atoms with E-state index in [0.717, 1.165) is 11.3 Å². The third-order valence-corrected chi connectivity index (χ3v) is 4.79. The first-order valence-electron chi connectivity index (χ1n) is 8.60. The summed E-state index contributed by atoms with van der Waals surface area (Å²) < 4.78 is 5.17. The maximum absolute atomic E-state index is 12.4. The van der Waals surface area contributed by atoms with E-state index < -0.39 is 0 Å². The summed E-state index contributed by atoms with van der Waals surface area (Å²) in [5.74, 6) is 0.785. The van der Waals surface area contributed by atoms with Crippen molar-refractivity contribution < 1.29 is 14.3 Å². The molecule has 2 aromatic carbocycles. The highest BCUT2D eigenvalue weighted by Crippen LogP contribution is 2.27. The number of nitrogens with zero attached hydrogens (tertiary/aromatic N) is 1. The van der Waals surface area contributed by atoms with E-state index in [1.165, 1.54) is 16.9 Å². The summed E-state index contributed by atoms with van der Waals surface area (Å²) in [5, 5.41) is 5.28. The molecule has 27 heavy (non-hydrogen) atoms. The van der Waals surface area contributed by atoms with E-state index in [9.17, 15) is 9.59 Å². The van der Waals surface area contributed by atoms with Crippen molar-refractivity contribution in [3.8, 4) is 17.0 Å². The van der Waals surface area contributed by atoms with E-state index in [-0.39, 0.29) is 12.5 Å². The van der Waals surface area contributed by atoms with Gasteiger partial charge in [-0.2, -0.15) is 0 Å². The van der Waals surface area contributed by atoms with Crippen LogP contribution in [0, 0.1) is 0 Å². The number of hydrogen-bond acceptors (Lipinski definition) is 5. The predicted octanol–water partition coefficient (Wildman–Crippen LogP) is 4.76. The Morgan fingerprint density at radius 3 is 2.48 bits per heavy atom. The van der Waals surface area contributed by atoms with Gasteiger partial charge in [0.25, 0.3) is 5.91 Å². The number of nitrogens with one attached hydrogen (secondary N) is 1. The van der Waals surface area contributed by atoms with Crippen LogP contribution in [0.5, 0.6) is 5.75 Å². The van der Waals surface area contributed by atoms with Crippen molar-refractivity contribution in [1.82, 2.24) is 4.98 Å². The van der Waals surface area contributed by atoms with Crippen molar-refractivity contribution in [2.75, 3.05) is 11.9 Å². The number of anilines is 1. The lowest BCUT2D eigenvalue weighted by Crippen LogP contribution is -2.11. The molecule has 0 unspecified atom stereocenters. The van der Waals surface area contributed by atoms with Crippen molar-refractivity contribution >= 4 is 28.7 Å². The summed E-state index contributed by atoms with van der Waals surface area (Å²) in [6.45, 7) is 4.31. The highest BCUT2D eigenvalue weighted by Gasteiger charge is 2.10. The third kappa shape index (κ3) is 4.80. The topological polar surface area (TPSA) is 68.3 Å². The van der Waals surface area contributed by atoms with Crippen LogP contribution < -0.4 is 10.1 Å². The molecule has 0 aliphatic rings. The number of ether oxygens (including phenoxy) is 1. The van der Waals surface area contributed by atoms with Crippen molar-refractivity contribution in [3.63, 3.8) is 0 Å². The molecule has 0 spiro atoms. The molecule has 1 N–H and O–H groups in total. The molecular weight excluding hydrogens is 360 g/mol. The van der Waals surface area contributed by atoms with E-state index in [1.54, 1.807) is 24.3 Å². The van der Waals surface area contributed by atoms with E-state index in [4.69, 9.17) is 4.74 Å². The van der Waals surface area contributed by atoms with Gasteiger partial charge in [-0.15, -0.1) is 11.3 Å². The van der Waals surface area contributed by atoms with Gasteiger partial charge in [-0.05, 0) is 35.7 Å². The summed E-state index contributed by atoms with van der Waals surface area (Å²) in [7, 11) is 0. The molecule has 3 aromatic rings. The SMILES string of the molecule is CC(C)c1ccc(-c2csc(NC(=O)c3ccc(OCC=O)cc3)n2)cc1. The van der Waals surface area contributed by atoms with E-state index in [1.807, 2.05) is 17.5 Å². The lowest BCUT2D eigenvalue weighted by molar-refractivity contribution is -0.109. The highest BCUT2D eigenvalue weighted by atomic mass is 32.1. The normalized spacial score (nSPS) is 10.6. The van der Waals surface area contributed by atoms with Gasteiger partial charge in [-0.3, -0.25) is 14.9 Å². The fourth-order valence-electron chi connectivity index (χ4n) is 2.50. The van der Waals surface area contributed by atoms with Gasteiger partial charge in [0.15, 0.2) is 11.4 Å². The standard InChI is InChI=1S/C21H20N2O3S/c1-14(2)15-3-5-16(6-4-15)19-13-27-21(22-19)23-20(25)17-7-9-18(10-8-17)26-12-11-24/h3-11,13-14H,12H2,1-2H3,(H,22,23,25). The molecule has 0 fully saturated rings. The predicted molar refractivity (Wildman–Crippen MR) is 108 cm³/mol. The molecule has 5 nitrogen and oxygen atoms in total. The van der Waals surface area contributed by atoms with E-state index in [2.05, 4.69) is 36.3 Å². The maximum Gasteiger partial charge on any atom is 0.257 e. The average molecular weight is 380 g/mol. The molecule has 6 heteroatoms. The molecule has 1 amide bonds. The quantitative estimate of drug-likeness (QED) is 0.600. The molecule has 1 heterocycles. The monoisotopic (exact) mass is 380 g/mol. The van der Waals surface area contributed by atoms with Crippen LogP contribution >= 0.6 is 11.3 Å². The van der Waals surface area contributed by atoms with Crippen LogP contribution in [0.25, 0.3) is 11.3 Å².